The molecule has 3 aromatic rings. The number of aromatic amines is 1. The predicted molar refractivity (Wildman–Crippen MR) is 132 cm³/mol. The van der Waals surface area contributed by atoms with E-state index >= 15 is 0 Å². The first-order valence-corrected chi connectivity index (χ1v) is 12.6. The molecule has 2 aromatic carbocycles. The molecule has 7 nitrogen and oxygen atoms in total. The zero-order chi connectivity index (χ0) is 26.4. The SMILES string of the molecule is CCCC[C@H](CN(C=O)OCc1ccccc1)C(=O)N1CCC[C@H]1c1nc2ccc(C(F)(F)F)cc2[nH]1. The molecule has 1 N–H and O–H groups in total. The number of fused-ring (bicyclic) bond motifs is 1. The summed E-state index contributed by atoms with van der Waals surface area (Å²) < 4.78 is 39.4. The van der Waals surface area contributed by atoms with Gasteiger partial charge in [0.2, 0.25) is 12.3 Å². The molecule has 1 aliphatic rings. The number of alkyl halides is 3. The van der Waals surface area contributed by atoms with Crippen LogP contribution >= 0.6 is 0 Å². The second-order valence-corrected chi connectivity index (χ2v) is 9.34. The van der Waals surface area contributed by atoms with E-state index in [4.69, 9.17) is 4.84 Å². The number of carbonyl (C=O) groups excluding carboxylic acids is 2. The molecule has 0 radical (unpaired) electrons. The zero-order valence-electron chi connectivity index (χ0n) is 20.7. The molecular formula is C27H31F3N4O3. The Labute approximate surface area is 213 Å². The van der Waals surface area contributed by atoms with Crippen molar-refractivity contribution in [2.75, 3.05) is 13.1 Å². The Morgan fingerprint density at radius 3 is 2.76 bits per heavy atom. The van der Waals surface area contributed by atoms with Gasteiger partial charge in [0.1, 0.15) is 12.4 Å². The summed E-state index contributed by atoms with van der Waals surface area (Å²) in [7, 11) is 0. The van der Waals surface area contributed by atoms with Crippen LogP contribution in [-0.2, 0) is 27.2 Å². The van der Waals surface area contributed by atoms with Crippen molar-refractivity contribution in [3.63, 3.8) is 0 Å². The number of hydrogen-bond donors (Lipinski definition) is 1. The van der Waals surface area contributed by atoms with Crippen LogP contribution in [0.25, 0.3) is 11.0 Å². The second kappa shape index (κ2) is 11.8. The van der Waals surface area contributed by atoms with E-state index in [-0.39, 0.29) is 30.6 Å². The van der Waals surface area contributed by atoms with Gasteiger partial charge < -0.3 is 9.88 Å². The third-order valence-electron chi connectivity index (χ3n) is 6.69. The molecule has 1 aromatic heterocycles. The molecule has 0 bridgehead atoms. The average molecular weight is 517 g/mol. The third kappa shape index (κ3) is 6.49. The largest absolute Gasteiger partial charge is 0.416 e. The van der Waals surface area contributed by atoms with Gasteiger partial charge in [-0.2, -0.15) is 13.2 Å². The molecule has 2 atom stereocenters. The van der Waals surface area contributed by atoms with Crippen LogP contribution in [0.4, 0.5) is 13.2 Å². The van der Waals surface area contributed by atoms with Gasteiger partial charge in [-0.15, -0.1) is 0 Å². The quantitative estimate of drug-likeness (QED) is 0.264. The highest BCUT2D eigenvalue weighted by Crippen LogP contribution is 2.35. The molecule has 37 heavy (non-hydrogen) atoms. The number of likely N-dealkylation sites (tertiary alicyclic amines) is 1. The summed E-state index contributed by atoms with van der Waals surface area (Å²) in [6.45, 7) is 2.88. The predicted octanol–water partition coefficient (Wildman–Crippen LogP) is 5.64. The summed E-state index contributed by atoms with van der Waals surface area (Å²) in [6.07, 6.45) is -0.158. The number of nitrogens with zero attached hydrogens (tertiary/aromatic N) is 3. The average Bonchev–Trinajstić information content (AvgIpc) is 3.54. The Hall–Kier alpha value is -3.40. The fourth-order valence-corrected chi connectivity index (χ4v) is 4.73. The number of carbonyl (C=O) groups is 2. The zero-order valence-corrected chi connectivity index (χ0v) is 20.7. The van der Waals surface area contributed by atoms with Gasteiger partial charge in [-0.3, -0.25) is 14.4 Å². The van der Waals surface area contributed by atoms with Gasteiger partial charge >= 0.3 is 6.18 Å². The number of rotatable bonds is 11. The Balaban J connectivity index is 1.50. The highest BCUT2D eigenvalue weighted by atomic mass is 19.4. The number of imidazole rings is 1. The van der Waals surface area contributed by atoms with Crippen LogP contribution in [0, 0.1) is 5.92 Å². The molecule has 10 heteroatoms. The summed E-state index contributed by atoms with van der Waals surface area (Å²) in [6, 6.07) is 12.5. The van der Waals surface area contributed by atoms with Crippen LogP contribution < -0.4 is 0 Å². The molecule has 1 aliphatic heterocycles. The van der Waals surface area contributed by atoms with Gasteiger partial charge in [-0.05, 0) is 43.0 Å². The Kier molecular flexibility index (Phi) is 8.48. The second-order valence-electron chi connectivity index (χ2n) is 9.34. The van der Waals surface area contributed by atoms with E-state index in [0.29, 0.717) is 37.1 Å². The lowest BCUT2D eigenvalue weighted by Gasteiger charge is -2.30. The number of H-pyrrole nitrogens is 1. The summed E-state index contributed by atoms with van der Waals surface area (Å²) in [5.41, 5.74) is 0.863. The molecule has 198 valence electrons. The minimum atomic E-state index is -4.45. The number of nitrogens with one attached hydrogen (secondary N) is 1. The number of hydroxylamine groups is 2. The van der Waals surface area contributed by atoms with E-state index in [1.807, 2.05) is 37.3 Å². The fraction of sp³-hybridized carbons (Fsp3) is 0.444. The first kappa shape index (κ1) is 26.7. The van der Waals surface area contributed by atoms with E-state index < -0.39 is 17.7 Å². The monoisotopic (exact) mass is 516 g/mol. The molecule has 4 rings (SSSR count). The van der Waals surface area contributed by atoms with Crippen molar-refractivity contribution in [1.29, 1.82) is 0 Å². The first-order chi connectivity index (χ1) is 17.8. The van der Waals surface area contributed by atoms with Crippen LogP contribution in [0.3, 0.4) is 0 Å². The number of unbranched alkanes of at least 4 members (excludes halogenated alkanes) is 1. The molecule has 1 fully saturated rings. The van der Waals surface area contributed by atoms with Crippen molar-refractivity contribution in [1.82, 2.24) is 19.9 Å². The summed E-state index contributed by atoms with van der Waals surface area (Å²) in [5, 5.41) is 1.18. The smallest absolute Gasteiger partial charge is 0.340 e. The third-order valence-corrected chi connectivity index (χ3v) is 6.69. The normalized spacial score (nSPS) is 16.8. The lowest BCUT2D eigenvalue weighted by Crippen LogP contribution is -2.41. The summed E-state index contributed by atoms with van der Waals surface area (Å²) in [5.74, 6) is -0.104. The highest BCUT2D eigenvalue weighted by molar-refractivity contribution is 5.80. The van der Waals surface area contributed by atoms with E-state index in [0.717, 1.165) is 37.0 Å². The molecule has 0 saturated carbocycles. The fourth-order valence-electron chi connectivity index (χ4n) is 4.73. The maximum absolute atomic E-state index is 13.7. The molecular weight excluding hydrogens is 485 g/mol. The highest BCUT2D eigenvalue weighted by Gasteiger charge is 2.36. The topological polar surface area (TPSA) is 78.5 Å². The van der Waals surface area contributed by atoms with E-state index in [9.17, 15) is 22.8 Å². The van der Waals surface area contributed by atoms with E-state index in [1.165, 1.54) is 11.1 Å². The van der Waals surface area contributed by atoms with Gasteiger partial charge in [0.15, 0.2) is 0 Å². The van der Waals surface area contributed by atoms with E-state index in [2.05, 4.69) is 9.97 Å². The Morgan fingerprint density at radius 1 is 1.27 bits per heavy atom. The number of amides is 2. The van der Waals surface area contributed by atoms with Crippen LogP contribution in [0.15, 0.2) is 48.5 Å². The maximum atomic E-state index is 13.7. The molecule has 0 aliphatic carbocycles. The van der Waals surface area contributed by atoms with Crippen LogP contribution in [-0.4, -0.2) is 45.3 Å². The van der Waals surface area contributed by atoms with Gasteiger partial charge in [0.05, 0.1) is 35.1 Å². The van der Waals surface area contributed by atoms with Crippen LogP contribution in [0.2, 0.25) is 0 Å². The molecule has 1 saturated heterocycles. The molecule has 0 unspecified atom stereocenters. The van der Waals surface area contributed by atoms with Crippen molar-refractivity contribution in [3.8, 4) is 0 Å². The first-order valence-electron chi connectivity index (χ1n) is 12.6. The Morgan fingerprint density at radius 2 is 2.05 bits per heavy atom. The van der Waals surface area contributed by atoms with Crippen molar-refractivity contribution in [2.45, 2.75) is 57.9 Å². The van der Waals surface area contributed by atoms with Crippen molar-refractivity contribution in [2.24, 2.45) is 5.92 Å². The molecule has 2 heterocycles. The van der Waals surface area contributed by atoms with Crippen LogP contribution in [0.1, 0.15) is 62.0 Å². The van der Waals surface area contributed by atoms with E-state index in [1.54, 1.807) is 4.90 Å². The van der Waals surface area contributed by atoms with Crippen LogP contribution in [0.5, 0.6) is 0 Å². The molecule has 2 amide bonds. The lowest BCUT2D eigenvalue weighted by atomic mass is 9.99. The standard InChI is InChI=1S/C27H31F3N4O3/c1-2-3-10-20(16-33(18-35)37-17-19-8-5-4-6-9-19)26(36)34-14-7-11-24(34)25-31-22-13-12-21(27(28,29)30)15-23(22)32-25/h4-6,8-9,12-13,15,18,20,24H,2-3,7,10-11,14,16-17H2,1H3,(H,31,32)/t20-,24+/m1/s1. The van der Waals surface area contributed by atoms with Gasteiger partial charge in [0, 0.05) is 6.54 Å². The number of aromatic nitrogens is 2. The van der Waals surface area contributed by atoms with Gasteiger partial charge in [0.25, 0.3) is 0 Å². The molecule has 0 spiro atoms. The lowest BCUT2D eigenvalue weighted by molar-refractivity contribution is -0.183. The number of halogens is 3. The number of benzene rings is 2. The minimum absolute atomic E-state index is 0.109. The van der Waals surface area contributed by atoms with Gasteiger partial charge in [-0.25, -0.2) is 10.0 Å². The number of hydrogen-bond acceptors (Lipinski definition) is 4. The van der Waals surface area contributed by atoms with Crippen molar-refractivity contribution >= 4 is 23.4 Å². The van der Waals surface area contributed by atoms with Crippen molar-refractivity contribution < 1.29 is 27.6 Å². The maximum Gasteiger partial charge on any atom is 0.416 e. The van der Waals surface area contributed by atoms with Crippen molar-refractivity contribution in [3.05, 3.63) is 65.5 Å². The summed E-state index contributed by atoms with van der Waals surface area (Å²) in [4.78, 5) is 40.4. The van der Waals surface area contributed by atoms with Gasteiger partial charge in [-0.1, -0.05) is 50.1 Å². The minimum Gasteiger partial charge on any atom is -0.340 e. The summed E-state index contributed by atoms with van der Waals surface area (Å²) >= 11 is 0. The Bertz CT molecular complexity index is 1200.